The molecule has 1 aromatic heterocycles. The number of hydrogen-bond donors (Lipinski definition) is 2. The zero-order valence-corrected chi connectivity index (χ0v) is 20.5. The van der Waals surface area contributed by atoms with Gasteiger partial charge in [-0.15, -0.1) is 24.0 Å². The third-order valence-corrected chi connectivity index (χ3v) is 4.71. The summed E-state index contributed by atoms with van der Waals surface area (Å²) in [6.07, 6.45) is 4.48. The number of nitrogens with zero attached hydrogens (tertiary/aromatic N) is 3. The predicted molar refractivity (Wildman–Crippen MR) is 129 cm³/mol. The first-order valence-electron chi connectivity index (χ1n) is 10.5. The number of ether oxygens (including phenoxy) is 2. The van der Waals surface area contributed by atoms with E-state index < -0.39 is 0 Å². The van der Waals surface area contributed by atoms with Crippen LogP contribution >= 0.6 is 24.0 Å². The van der Waals surface area contributed by atoms with Crippen LogP contribution in [0.5, 0.6) is 0 Å². The molecule has 0 bridgehead atoms. The highest BCUT2D eigenvalue weighted by molar-refractivity contribution is 14.0. The van der Waals surface area contributed by atoms with E-state index in [0.29, 0.717) is 25.0 Å². The molecule has 2 rings (SSSR count). The van der Waals surface area contributed by atoms with Crippen LogP contribution in [0, 0.1) is 5.92 Å². The first kappa shape index (κ1) is 26.6. The minimum Gasteiger partial charge on any atom is -0.381 e. The highest BCUT2D eigenvalue weighted by atomic mass is 127. The molecule has 170 valence electrons. The summed E-state index contributed by atoms with van der Waals surface area (Å²) in [4.78, 5) is 22.7. The number of aromatic nitrogens is 1. The number of carbonyl (C=O) groups excluding carboxylic acids is 1. The van der Waals surface area contributed by atoms with Gasteiger partial charge in [0.15, 0.2) is 5.96 Å². The van der Waals surface area contributed by atoms with Gasteiger partial charge < -0.3 is 25.0 Å². The van der Waals surface area contributed by atoms with Crippen molar-refractivity contribution in [1.29, 1.82) is 0 Å². The van der Waals surface area contributed by atoms with Crippen molar-refractivity contribution in [3.63, 3.8) is 0 Å². The third-order valence-electron chi connectivity index (χ3n) is 4.71. The fraction of sp³-hybridized carbons (Fsp3) is 0.667. The molecular weight excluding hydrogens is 497 g/mol. The number of carbonyl (C=O) groups is 1. The van der Waals surface area contributed by atoms with Gasteiger partial charge in [0.2, 0.25) is 5.91 Å². The molecule has 1 atom stereocenters. The molecule has 1 aliphatic rings. The number of likely N-dealkylation sites (N-methyl/N-ethyl adjacent to an activating group) is 1. The molecule has 9 heteroatoms. The zero-order chi connectivity index (χ0) is 20.7. The van der Waals surface area contributed by atoms with E-state index >= 15 is 0 Å². The van der Waals surface area contributed by atoms with Gasteiger partial charge in [0, 0.05) is 64.1 Å². The molecule has 30 heavy (non-hydrogen) atoms. The lowest BCUT2D eigenvalue weighted by Crippen LogP contribution is -2.39. The molecule has 1 fully saturated rings. The molecule has 1 unspecified atom stereocenters. The number of aliphatic imine (C=N–C) groups is 1. The minimum absolute atomic E-state index is 0. The summed E-state index contributed by atoms with van der Waals surface area (Å²) in [5, 5.41) is 6.43. The van der Waals surface area contributed by atoms with Crippen molar-refractivity contribution in [2.24, 2.45) is 10.9 Å². The molecule has 2 N–H and O–H groups in total. The van der Waals surface area contributed by atoms with Gasteiger partial charge in [-0.25, -0.2) is 4.99 Å². The summed E-state index contributed by atoms with van der Waals surface area (Å²) in [6, 6.07) is 5.81. The molecule has 0 saturated carbocycles. The third kappa shape index (κ3) is 11.1. The van der Waals surface area contributed by atoms with Gasteiger partial charge in [0.1, 0.15) is 6.54 Å². The number of halogens is 1. The normalized spacial score (nSPS) is 16.1. The van der Waals surface area contributed by atoms with Crippen LogP contribution in [-0.4, -0.2) is 81.4 Å². The van der Waals surface area contributed by atoms with Crippen molar-refractivity contribution in [2.45, 2.75) is 26.2 Å². The summed E-state index contributed by atoms with van der Waals surface area (Å²) in [5.41, 5.74) is 0.980. The summed E-state index contributed by atoms with van der Waals surface area (Å²) >= 11 is 0. The molecule has 0 aliphatic carbocycles. The topological polar surface area (TPSA) is 88.1 Å². The smallest absolute Gasteiger partial charge is 0.244 e. The van der Waals surface area contributed by atoms with Crippen LogP contribution in [0.2, 0.25) is 0 Å². The Balaban J connectivity index is 0.00000450. The number of pyridine rings is 1. The Morgan fingerprint density at radius 1 is 1.40 bits per heavy atom. The largest absolute Gasteiger partial charge is 0.381 e. The van der Waals surface area contributed by atoms with Crippen LogP contribution in [0.1, 0.15) is 25.5 Å². The molecular formula is C21H36IN5O3. The monoisotopic (exact) mass is 533 g/mol. The van der Waals surface area contributed by atoms with Crippen LogP contribution < -0.4 is 10.6 Å². The van der Waals surface area contributed by atoms with Crippen molar-refractivity contribution < 1.29 is 14.3 Å². The summed E-state index contributed by atoms with van der Waals surface area (Å²) in [5.74, 6) is 1.19. The van der Waals surface area contributed by atoms with Gasteiger partial charge in [-0.05, 0) is 31.9 Å². The molecule has 1 aromatic rings. The Labute approximate surface area is 197 Å². The summed E-state index contributed by atoms with van der Waals surface area (Å²) in [6.45, 7) is 7.39. The van der Waals surface area contributed by atoms with Crippen LogP contribution in [0.4, 0.5) is 0 Å². The van der Waals surface area contributed by atoms with Crippen molar-refractivity contribution >= 4 is 35.8 Å². The van der Waals surface area contributed by atoms with E-state index in [0.717, 1.165) is 57.9 Å². The Morgan fingerprint density at radius 3 is 2.97 bits per heavy atom. The Bertz CT molecular complexity index is 612. The van der Waals surface area contributed by atoms with Gasteiger partial charge in [-0.3, -0.25) is 9.78 Å². The summed E-state index contributed by atoms with van der Waals surface area (Å²) < 4.78 is 11.1. The zero-order valence-electron chi connectivity index (χ0n) is 18.1. The lowest BCUT2D eigenvalue weighted by molar-refractivity contribution is -0.128. The fourth-order valence-electron chi connectivity index (χ4n) is 2.91. The van der Waals surface area contributed by atoms with E-state index in [9.17, 15) is 4.79 Å². The van der Waals surface area contributed by atoms with Crippen LogP contribution in [0.15, 0.2) is 29.4 Å². The molecule has 8 nitrogen and oxygen atoms in total. The van der Waals surface area contributed by atoms with Crippen molar-refractivity contribution in [1.82, 2.24) is 20.5 Å². The predicted octanol–water partition coefficient (Wildman–Crippen LogP) is 1.70. The van der Waals surface area contributed by atoms with E-state index in [4.69, 9.17) is 9.47 Å². The van der Waals surface area contributed by atoms with E-state index in [-0.39, 0.29) is 36.4 Å². The Kier molecular flexibility index (Phi) is 14.4. The highest BCUT2D eigenvalue weighted by Gasteiger charge is 2.15. The van der Waals surface area contributed by atoms with Gasteiger partial charge >= 0.3 is 0 Å². The molecule has 0 radical (unpaired) electrons. The second kappa shape index (κ2) is 16.3. The molecule has 2 heterocycles. The molecule has 1 saturated heterocycles. The second-order valence-electron chi connectivity index (χ2n) is 7.17. The van der Waals surface area contributed by atoms with Gasteiger partial charge in [-0.1, -0.05) is 6.07 Å². The van der Waals surface area contributed by atoms with E-state index in [1.54, 1.807) is 18.1 Å². The fourth-order valence-corrected chi connectivity index (χ4v) is 2.91. The number of hydrogen-bond acceptors (Lipinski definition) is 5. The number of nitrogens with one attached hydrogen (secondary N) is 2. The second-order valence-corrected chi connectivity index (χ2v) is 7.17. The van der Waals surface area contributed by atoms with Crippen molar-refractivity contribution in [3.05, 3.63) is 30.1 Å². The molecule has 1 aliphatic heterocycles. The lowest BCUT2D eigenvalue weighted by atomic mass is 10.1. The number of amides is 1. The van der Waals surface area contributed by atoms with Crippen LogP contribution in [0.25, 0.3) is 0 Å². The maximum absolute atomic E-state index is 12.3. The van der Waals surface area contributed by atoms with Crippen LogP contribution in [-0.2, 0) is 20.7 Å². The Morgan fingerprint density at radius 2 is 2.27 bits per heavy atom. The molecule has 0 spiro atoms. The maximum atomic E-state index is 12.3. The Hall–Kier alpha value is -1.46. The molecule has 0 aromatic carbocycles. The standard InChI is InChI=1S/C21H35N5O3.HI/c1-3-22-21(24-11-6-13-28-16-18-9-14-29-17-18)25-15-20(27)26(2)12-8-19-7-4-5-10-23-19;/h4-5,7,10,18H,3,6,8-9,11-17H2,1-2H3,(H2,22,24,25);1H. The minimum atomic E-state index is -0.0137. The van der Waals surface area contributed by atoms with E-state index in [1.165, 1.54) is 0 Å². The van der Waals surface area contributed by atoms with E-state index in [2.05, 4.69) is 20.6 Å². The quantitative estimate of drug-likeness (QED) is 0.184. The average molecular weight is 533 g/mol. The van der Waals surface area contributed by atoms with Crippen molar-refractivity contribution in [3.8, 4) is 0 Å². The first-order valence-corrected chi connectivity index (χ1v) is 10.5. The SMILES string of the molecule is CCNC(=NCC(=O)N(C)CCc1ccccn1)NCCCOCC1CCOC1.I. The summed E-state index contributed by atoms with van der Waals surface area (Å²) in [7, 11) is 1.80. The first-order chi connectivity index (χ1) is 14.2. The van der Waals surface area contributed by atoms with Crippen LogP contribution in [0.3, 0.4) is 0 Å². The molecule has 1 amide bonds. The van der Waals surface area contributed by atoms with Crippen molar-refractivity contribution in [2.75, 3.05) is 59.7 Å². The number of guanidine groups is 1. The van der Waals surface area contributed by atoms with E-state index in [1.807, 2.05) is 25.1 Å². The maximum Gasteiger partial charge on any atom is 0.244 e. The van der Waals surface area contributed by atoms with Gasteiger partial charge in [-0.2, -0.15) is 0 Å². The van der Waals surface area contributed by atoms with Gasteiger partial charge in [0.05, 0.1) is 13.2 Å². The highest BCUT2D eigenvalue weighted by Crippen LogP contribution is 2.12. The lowest BCUT2D eigenvalue weighted by Gasteiger charge is -2.17. The van der Waals surface area contributed by atoms with Gasteiger partial charge in [0.25, 0.3) is 0 Å². The average Bonchev–Trinajstić information content (AvgIpc) is 3.26. The number of rotatable bonds is 12.